The second-order valence-corrected chi connectivity index (χ2v) is 4.71. The molecule has 1 fully saturated rings. The predicted octanol–water partition coefficient (Wildman–Crippen LogP) is 1.30. The minimum atomic E-state index is -0.509. The highest BCUT2D eigenvalue weighted by molar-refractivity contribution is 5.95. The maximum absolute atomic E-state index is 13.7. The molecular formula is C13H17FN2O2. The van der Waals surface area contributed by atoms with E-state index in [1.807, 2.05) is 6.92 Å². The van der Waals surface area contributed by atoms with Gasteiger partial charge in [-0.05, 0) is 32.0 Å². The molecule has 2 N–H and O–H groups in total. The molecule has 1 aliphatic heterocycles. The number of hydrogen-bond acceptors (Lipinski definition) is 3. The Morgan fingerprint density at radius 1 is 1.50 bits per heavy atom. The van der Waals surface area contributed by atoms with Crippen molar-refractivity contribution in [2.24, 2.45) is 5.73 Å². The second-order valence-electron chi connectivity index (χ2n) is 4.71. The number of benzene rings is 1. The van der Waals surface area contributed by atoms with Crippen molar-refractivity contribution in [2.75, 3.05) is 24.6 Å². The van der Waals surface area contributed by atoms with Crippen LogP contribution in [0.25, 0.3) is 0 Å². The number of amides is 1. The number of anilines is 1. The number of rotatable bonds is 3. The predicted molar refractivity (Wildman–Crippen MR) is 66.8 cm³/mol. The average molecular weight is 252 g/mol. The van der Waals surface area contributed by atoms with Gasteiger partial charge in [0.2, 0.25) is 0 Å². The van der Waals surface area contributed by atoms with Crippen LogP contribution in [-0.2, 0) is 9.53 Å². The first-order valence-corrected chi connectivity index (χ1v) is 5.95. The SMILES string of the molecule is CC1(CCN)CN(c2ccccc2F)C(=O)CO1. The van der Waals surface area contributed by atoms with Gasteiger partial charge in [-0.2, -0.15) is 0 Å². The van der Waals surface area contributed by atoms with E-state index in [0.29, 0.717) is 25.2 Å². The van der Waals surface area contributed by atoms with Crippen LogP contribution < -0.4 is 10.6 Å². The molecule has 1 aromatic rings. The Morgan fingerprint density at radius 2 is 2.22 bits per heavy atom. The molecule has 0 aromatic heterocycles. The fourth-order valence-corrected chi connectivity index (χ4v) is 2.13. The van der Waals surface area contributed by atoms with E-state index in [1.54, 1.807) is 18.2 Å². The van der Waals surface area contributed by atoms with E-state index >= 15 is 0 Å². The topological polar surface area (TPSA) is 55.6 Å². The van der Waals surface area contributed by atoms with Crippen molar-refractivity contribution in [3.8, 4) is 0 Å². The largest absolute Gasteiger partial charge is 0.364 e. The molecule has 1 amide bonds. The maximum atomic E-state index is 13.7. The highest BCUT2D eigenvalue weighted by Crippen LogP contribution is 2.27. The van der Waals surface area contributed by atoms with E-state index in [9.17, 15) is 9.18 Å². The number of hydrogen-bond donors (Lipinski definition) is 1. The lowest BCUT2D eigenvalue weighted by atomic mass is 9.99. The Kier molecular flexibility index (Phi) is 3.63. The maximum Gasteiger partial charge on any atom is 0.253 e. The number of nitrogens with two attached hydrogens (primary N) is 1. The van der Waals surface area contributed by atoms with Crippen LogP contribution in [0.3, 0.4) is 0 Å². The fraction of sp³-hybridized carbons (Fsp3) is 0.462. The number of carbonyl (C=O) groups excluding carboxylic acids is 1. The van der Waals surface area contributed by atoms with Crippen LogP contribution in [0, 0.1) is 5.82 Å². The van der Waals surface area contributed by atoms with Crippen molar-refractivity contribution < 1.29 is 13.9 Å². The molecule has 1 heterocycles. The summed E-state index contributed by atoms with van der Waals surface area (Å²) in [5.41, 5.74) is 5.33. The van der Waals surface area contributed by atoms with E-state index < -0.39 is 11.4 Å². The summed E-state index contributed by atoms with van der Waals surface area (Å²) in [5, 5.41) is 0. The zero-order valence-corrected chi connectivity index (χ0v) is 10.4. The molecule has 4 nitrogen and oxygen atoms in total. The van der Waals surface area contributed by atoms with Crippen LogP contribution >= 0.6 is 0 Å². The van der Waals surface area contributed by atoms with E-state index in [-0.39, 0.29) is 12.5 Å². The quantitative estimate of drug-likeness (QED) is 0.882. The van der Waals surface area contributed by atoms with Crippen LogP contribution in [0.2, 0.25) is 0 Å². The first kappa shape index (κ1) is 13.0. The number of halogens is 1. The van der Waals surface area contributed by atoms with Gasteiger partial charge in [0, 0.05) is 0 Å². The number of morpholine rings is 1. The van der Waals surface area contributed by atoms with Gasteiger partial charge in [0.05, 0.1) is 17.8 Å². The van der Waals surface area contributed by atoms with Gasteiger partial charge in [0.25, 0.3) is 5.91 Å². The molecule has 0 radical (unpaired) electrons. The van der Waals surface area contributed by atoms with Gasteiger partial charge in [0.1, 0.15) is 12.4 Å². The molecule has 98 valence electrons. The Labute approximate surface area is 106 Å². The summed E-state index contributed by atoms with van der Waals surface area (Å²) >= 11 is 0. The number of nitrogens with zero attached hydrogens (tertiary/aromatic N) is 1. The average Bonchev–Trinajstić information content (AvgIpc) is 2.34. The summed E-state index contributed by atoms with van der Waals surface area (Å²) in [5.74, 6) is -0.627. The molecule has 18 heavy (non-hydrogen) atoms. The van der Waals surface area contributed by atoms with Crippen molar-refractivity contribution in [3.05, 3.63) is 30.1 Å². The molecule has 5 heteroatoms. The molecule has 0 saturated carbocycles. The van der Waals surface area contributed by atoms with Crippen LogP contribution in [0.5, 0.6) is 0 Å². The lowest BCUT2D eigenvalue weighted by molar-refractivity contribution is -0.137. The van der Waals surface area contributed by atoms with Gasteiger partial charge in [-0.3, -0.25) is 4.79 Å². The van der Waals surface area contributed by atoms with Crippen molar-refractivity contribution >= 4 is 11.6 Å². The van der Waals surface area contributed by atoms with E-state index in [4.69, 9.17) is 10.5 Å². The molecule has 1 saturated heterocycles. The molecule has 1 aliphatic rings. The lowest BCUT2D eigenvalue weighted by Crippen LogP contribution is -2.54. The molecule has 1 atom stereocenters. The summed E-state index contributed by atoms with van der Waals surface area (Å²) in [6.45, 7) is 2.64. The summed E-state index contributed by atoms with van der Waals surface area (Å²) in [6, 6.07) is 6.25. The highest BCUT2D eigenvalue weighted by Gasteiger charge is 2.36. The lowest BCUT2D eigenvalue weighted by Gasteiger charge is -2.40. The Morgan fingerprint density at radius 3 is 2.89 bits per heavy atom. The van der Waals surface area contributed by atoms with Gasteiger partial charge in [-0.15, -0.1) is 0 Å². The zero-order valence-electron chi connectivity index (χ0n) is 10.4. The third-order valence-electron chi connectivity index (χ3n) is 3.15. The smallest absolute Gasteiger partial charge is 0.253 e. The Bertz CT molecular complexity index is 452. The van der Waals surface area contributed by atoms with Crippen LogP contribution in [0.1, 0.15) is 13.3 Å². The molecule has 2 rings (SSSR count). The summed E-state index contributed by atoms with van der Waals surface area (Å²) in [4.78, 5) is 13.3. The number of para-hydroxylation sites is 1. The third-order valence-corrected chi connectivity index (χ3v) is 3.15. The number of ether oxygens (including phenoxy) is 1. The molecule has 1 aromatic carbocycles. The summed E-state index contributed by atoms with van der Waals surface area (Å²) < 4.78 is 19.2. The van der Waals surface area contributed by atoms with Gasteiger partial charge < -0.3 is 15.4 Å². The minimum absolute atomic E-state index is 0.0369. The molecule has 0 bridgehead atoms. The molecular weight excluding hydrogens is 235 g/mol. The van der Waals surface area contributed by atoms with Crippen molar-refractivity contribution in [2.45, 2.75) is 18.9 Å². The van der Waals surface area contributed by atoms with Crippen LogP contribution in [0.15, 0.2) is 24.3 Å². The Hall–Kier alpha value is -1.46. The second kappa shape index (κ2) is 5.04. The summed E-state index contributed by atoms with van der Waals surface area (Å²) in [7, 11) is 0. The van der Waals surface area contributed by atoms with Gasteiger partial charge in [-0.1, -0.05) is 12.1 Å². The highest BCUT2D eigenvalue weighted by atomic mass is 19.1. The Balaban J connectivity index is 2.26. The monoisotopic (exact) mass is 252 g/mol. The minimum Gasteiger partial charge on any atom is -0.364 e. The van der Waals surface area contributed by atoms with Gasteiger partial charge in [0.15, 0.2) is 0 Å². The van der Waals surface area contributed by atoms with E-state index in [0.717, 1.165) is 0 Å². The van der Waals surface area contributed by atoms with Crippen LogP contribution in [-0.4, -0.2) is 31.2 Å². The van der Waals surface area contributed by atoms with Gasteiger partial charge in [-0.25, -0.2) is 4.39 Å². The van der Waals surface area contributed by atoms with Gasteiger partial charge >= 0.3 is 0 Å². The van der Waals surface area contributed by atoms with E-state index in [2.05, 4.69) is 0 Å². The standard InChI is InChI=1S/C13H17FN2O2/c1-13(6-7-15)9-16(12(17)8-18-13)11-5-3-2-4-10(11)14/h2-5H,6-9,15H2,1H3. The normalized spacial score (nSPS) is 24.4. The third kappa shape index (κ3) is 2.52. The molecule has 0 aliphatic carbocycles. The zero-order chi connectivity index (χ0) is 13.2. The molecule has 1 unspecified atom stereocenters. The van der Waals surface area contributed by atoms with E-state index in [1.165, 1.54) is 11.0 Å². The molecule has 0 spiro atoms. The van der Waals surface area contributed by atoms with Crippen LogP contribution in [0.4, 0.5) is 10.1 Å². The number of carbonyl (C=O) groups is 1. The van der Waals surface area contributed by atoms with Crippen molar-refractivity contribution in [3.63, 3.8) is 0 Å². The van der Waals surface area contributed by atoms with Crippen molar-refractivity contribution in [1.82, 2.24) is 0 Å². The first-order valence-electron chi connectivity index (χ1n) is 5.95. The first-order chi connectivity index (χ1) is 8.56. The summed E-state index contributed by atoms with van der Waals surface area (Å²) in [6.07, 6.45) is 0.630. The van der Waals surface area contributed by atoms with Crippen molar-refractivity contribution in [1.29, 1.82) is 0 Å². The fourth-order valence-electron chi connectivity index (χ4n) is 2.13.